The maximum atomic E-state index is 12.7. The molecule has 0 aliphatic rings. The van der Waals surface area contributed by atoms with E-state index in [1.165, 1.54) is 12.1 Å². The molecule has 0 fully saturated rings. The van der Waals surface area contributed by atoms with E-state index in [2.05, 4.69) is 12.2 Å². The van der Waals surface area contributed by atoms with Gasteiger partial charge in [-0.25, -0.2) is 4.39 Å². The molecule has 1 aromatic rings. The van der Waals surface area contributed by atoms with Crippen molar-refractivity contribution in [3.05, 3.63) is 35.6 Å². The van der Waals surface area contributed by atoms with Crippen molar-refractivity contribution < 1.29 is 9.50 Å². The second-order valence-electron chi connectivity index (χ2n) is 3.92. The molecule has 84 valence electrons. The Balaban J connectivity index is 2.85. The summed E-state index contributed by atoms with van der Waals surface area (Å²) in [7, 11) is 0. The molecule has 0 spiro atoms. The molecule has 15 heavy (non-hydrogen) atoms. The van der Waals surface area contributed by atoms with Gasteiger partial charge in [-0.05, 0) is 37.6 Å². The van der Waals surface area contributed by atoms with Gasteiger partial charge in [0.25, 0.3) is 0 Å². The minimum absolute atomic E-state index is 0.00136. The van der Waals surface area contributed by atoms with E-state index in [9.17, 15) is 9.50 Å². The van der Waals surface area contributed by atoms with E-state index in [1.54, 1.807) is 12.1 Å². The van der Waals surface area contributed by atoms with Gasteiger partial charge in [0.2, 0.25) is 0 Å². The van der Waals surface area contributed by atoms with Crippen molar-refractivity contribution in [1.82, 2.24) is 5.32 Å². The normalized spacial score (nSPS) is 14.9. The Morgan fingerprint density at radius 3 is 2.40 bits per heavy atom. The first-order valence-corrected chi connectivity index (χ1v) is 5.24. The zero-order chi connectivity index (χ0) is 11.3. The molecule has 0 aliphatic carbocycles. The van der Waals surface area contributed by atoms with E-state index in [4.69, 9.17) is 0 Å². The highest BCUT2D eigenvalue weighted by Gasteiger charge is 2.24. The Hall–Kier alpha value is -0.930. The molecule has 0 amide bonds. The third kappa shape index (κ3) is 3.01. The lowest BCUT2D eigenvalue weighted by atomic mass is 9.93. The minimum Gasteiger partial charge on any atom is -0.394 e. The summed E-state index contributed by atoms with van der Waals surface area (Å²) in [5.74, 6) is -0.255. The zero-order valence-electron chi connectivity index (χ0n) is 9.26. The lowest BCUT2D eigenvalue weighted by molar-refractivity contribution is 0.175. The SMILES string of the molecule is CCCNC(C)(CO)c1ccc(F)cc1. The topological polar surface area (TPSA) is 32.3 Å². The van der Waals surface area contributed by atoms with Gasteiger partial charge in [0, 0.05) is 0 Å². The lowest BCUT2D eigenvalue weighted by Crippen LogP contribution is -2.43. The van der Waals surface area contributed by atoms with E-state index in [0.29, 0.717) is 0 Å². The number of hydrogen-bond donors (Lipinski definition) is 2. The monoisotopic (exact) mass is 211 g/mol. The fourth-order valence-corrected chi connectivity index (χ4v) is 1.47. The highest BCUT2D eigenvalue weighted by Crippen LogP contribution is 2.20. The van der Waals surface area contributed by atoms with Gasteiger partial charge in [-0.15, -0.1) is 0 Å². The molecule has 0 heterocycles. The Labute approximate surface area is 90.1 Å². The second kappa shape index (κ2) is 5.24. The van der Waals surface area contributed by atoms with Crippen LogP contribution in [0.2, 0.25) is 0 Å². The highest BCUT2D eigenvalue weighted by molar-refractivity contribution is 5.24. The van der Waals surface area contributed by atoms with E-state index >= 15 is 0 Å². The summed E-state index contributed by atoms with van der Waals surface area (Å²) in [6.45, 7) is 4.80. The predicted molar refractivity (Wildman–Crippen MR) is 59.1 cm³/mol. The van der Waals surface area contributed by atoms with Gasteiger partial charge in [0.1, 0.15) is 5.82 Å². The first kappa shape index (κ1) is 12.1. The van der Waals surface area contributed by atoms with E-state index < -0.39 is 5.54 Å². The molecule has 0 saturated heterocycles. The molecule has 0 aliphatic heterocycles. The summed E-state index contributed by atoms with van der Waals surface area (Å²) in [6, 6.07) is 6.23. The molecule has 3 heteroatoms. The smallest absolute Gasteiger partial charge is 0.123 e. The summed E-state index contributed by atoms with van der Waals surface area (Å²) in [4.78, 5) is 0. The Morgan fingerprint density at radius 1 is 1.33 bits per heavy atom. The number of benzene rings is 1. The van der Waals surface area contributed by atoms with Crippen molar-refractivity contribution >= 4 is 0 Å². The van der Waals surface area contributed by atoms with Crippen LogP contribution in [0.4, 0.5) is 4.39 Å². The van der Waals surface area contributed by atoms with Crippen LogP contribution in [-0.2, 0) is 5.54 Å². The van der Waals surface area contributed by atoms with E-state index in [-0.39, 0.29) is 12.4 Å². The molecule has 1 rings (SSSR count). The Bertz CT molecular complexity index is 299. The van der Waals surface area contributed by atoms with Gasteiger partial charge < -0.3 is 10.4 Å². The number of hydrogen-bond acceptors (Lipinski definition) is 2. The molecule has 0 saturated carbocycles. The Kier molecular flexibility index (Phi) is 4.24. The summed E-state index contributed by atoms with van der Waals surface area (Å²) < 4.78 is 12.7. The molecule has 2 N–H and O–H groups in total. The quantitative estimate of drug-likeness (QED) is 0.781. The highest BCUT2D eigenvalue weighted by atomic mass is 19.1. The van der Waals surface area contributed by atoms with Gasteiger partial charge in [-0.3, -0.25) is 0 Å². The number of aliphatic hydroxyl groups excluding tert-OH is 1. The summed E-state index contributed by atoms with van der Waals surface area (Å²) >= 11 is 0. The van der Waals surface area contributed by atoms with Crippen LogP contribution in [0.15, 0.2) is 24.3 Å². The summed E-state index contributed by atoms with van der Waals surface area (Å²) in [5, 5.41) is 12.6. The number of aliphatic hydroxyl groups is 1. The molecule has 0 radical (unpaired) electrons. The fraction of sp³-hybridized carbons (Fsp3) is 0.500. The first-order valence-electron chi connectivity index (χ1n) is 5.24. The predicted octanol–water partition coefficient (Wildman–Crippen LogP) is 2.03. The molecule has 0 bridgehead atoms. The number of halogens is 1. The molecular weight excluding hydrogens is 193 g/mol. The lowest BCUT2D eigenvalue weighted by Gasteiger charge is -2.29. The van der Waals surface area contributed by atoms with Crippen molar-refractivity contribution in [2.24, 2.45) is 0 Å². The van der Waals surface area contributed by atoms with Gasteiger partial charge in [0.05, 0.1) is 12.1 Å². The second-order valence-corrected chi connectivity index (χ2v) is 3.92. The molecule has 2 nitrogen and oxygen atoms in total. The zero-order valence-corrected chi connectivity index (χ0v) is 9.26. The van der Waals surface area contributed by atoms with Crippen LogP contribution in [0.3, 0.4) is 0 Å². The third-order valence-corrected chi connectivity index (χ3v) is 2.56. The maximum Gasteiger partial charge on any atom is 0.123 e. The minimum atomic E-state index is -0.482. The van der Waals surface area contributed by atoms with E-state index in [1.807, 2.05) is 6.92 Å². The van der Waals surface area contributed by atoms with Crippen LogP contribution >= 0.6 is 0 Å². The fourth-order valence-electron chi connectivity index (χ4n) is 1.47. The van der Waals surface area contributed by atoms with Crippen LogP contribution < -0.4 is 5.32 Å². The summed E-state index contributed by atoms with van der Waals surface area (Å²) in [5.41, 5.74) is 0.420. The van der Waals surface area contributed by atoms with Crippen LogP contribution in [0.1, 0.15) is 25.8 Å². The van der Waals surface area contributed by atoms with Crippen molar-refractivity contribution in [1.29, 1.82) is 0 Å². The van der Waals surface area contributed by atoms with Gasteiger partial charge in [0.15, 0.2) is 0 Å². The number of rotatable bonds is 5. The molecular formula is C12H18FNO. The maximum absolute atomic E-state index is 12.7. The standard InChI is InChI=1S/C12H18FNO/c1-3-8-14-12(2,9-15)10-4-6-11(13)7-5-10/h4-7,14-15H,3,8-9H2,1-2H3. The molecule has 1 atom stereocenters. The van der Waals surface area contributed by atoms with E-state index in [0.717, 1.165) is 18.5 Å². The van der Waals surface area contributed by atoms with Crippen molar-refractivity contribution in [2.75, 3.05) is 13.2 Å². The van der Waals surface area contributed by atoms with Crippen LogP contribution in [0, 0.1) is 5.82 Å². The average Bonchev–Trinajstić information content (AvgIpc) is 2.27. The van der Waals surface area contributed by atoms with Crippen molar-refractivity contribution in [2.45, 2.75) is 25.8 Å². The third-order valence-electron chi connectivity index (χ3n) is 2.56. The summed E-state index contributed by atoms with van der Waals surface area (Å²) in [6.07, 6.45) is 0.997. The van der Waals surface area contributed by atoms with Crippen LogP contribution in [0.5, 0.6) is 0 Å². The average molecular weight is 211 g/mol. The first-order chi connectivity index (χ1) is 7.12. The van der Waals surface area contributed by atoms with Gasteiger partial charge in [-0.1, -0.05) is 19.1 Å². The van der Waals surface area contributed by atoms with Crippen LogP contribution in [0.25, 0.3) is 0 Å². The van der Waals surface area contributed by atoms with Crippen molar-refractivity contribution in [3.63, 3.8) is 0 Å². The van der Waals surface area contributed by atoms with Crippen LogP contribution in [-0.4, -0.2) is 18.3 Å². The largest absolute Gasteiger partial charge is 0.394 e. The molecule has 1 aromatic carbocycles. The molecule has 1 unspecified atom stereocenters. The Morgan fingerprint density at radius 2 is 1.93 bits per heavy atom. The number of nitrogens with one attached hydrogen (secondary N) is 1. The van der Waals surface area contributed by atoms with Gasteiger partial charge >= 0.3 is 0 Å². The molecule has 0 aromatic heterocycles. The van der Waals surface area contributed by atoms with Crippen molar-refractivity contribution in [3.8, 4) is 0 Å². The van der Waals surface area contributed by atoms with Gasteiger partial charge in [-0.2, -0.15) is 0 Å².